The van der Waals surface area contributed by atoms with E-state index in [0.29, 0.717) is 0 Å². The Morgan fingerprint density at radius 1 is 1.50 bits per heavy atom. The zero-order valence-corrected chi connectivity index (χ0v) is 8.75. The van der Waals surface area contributed by atoms with Gasteiger partial charge in [0.1, 0.15) is 5.70 Å². The van der Waals surface area contributed by atoms with Gasteiger partial charge in [-0.2, -0.15) is 0 Å². The monoisotopic (exact) mass is 221 g/mol. The van der Waals surface area contributed by atoms with Gasteiger partial charge in [-0.3, -0.25) is 9.36 Å². The molecule has 0 rings (SSSR count). The van der Waals surface area contributed by atoms with Crippen molar-refractivity contribution in [3.63, 3.8) is 0 Å². The van der Waals surface area contributed by atoms with Crippen molar-refractivity contribution >= 4 is 19.2 Å². The molecule has 80 valence electrons. The van der Waals surface area contributed by atoms with Crippen LogP contribution >= 0.6 is 7.37 Å². The Kier molecular flexibility index (Phi) is 4.53. The molecule has 0 aliphatic rings. The summed E-state index contributed by atoms with van der Waals surface area (Å²) in [5.41, 5.74) is -0.381. The first kappa shape index (κ1) is 12.9. The van der Waals surface area contributed by atoms with Crippen LogP contribution in [-0.2, 0) is 14.2 Å². The average Bonchev–Trinajstić information content (AvgIpc) is 1.94. The minimum atomic E-state index is -3.29. The molecular formula is C7H12NO5P. The molecule has 0 saturated carbocycles. The zero-order valence-electron chi connectivity index (χ0n) is 7.85. The Morgan fingerprint density at radius 3 is 2.29 bits per heavy atom. The number of aliphatic carboxylic acids is 1. The fourth-order valence-electron chi connectivity index (χ4n) is 0.642. The Morgan fingerprint density at radius 2 is 2.00 bits per heavy atom. The lowest BCUT2D eigenvalue weighted by molar-refractivity contribution is -0.134. The SMILES string of the molecule is CC(=O)NC(=CCP(C)(=O)O)C(=O)O. The van der Waals surface area contributed by atoms with Crippen LogP contribution in [-0.4, -0.2) is 34.7 Å². The van der Waals surface area contributed by atoms with E-state index in [0.717, 1.165) is 19.7 Å². The van der Waals surface area contributed by atoms with E-state index in [1.807, 2.05) is 5.32 Å². The third kappa shape index (κ3) is 6.39. The van der Waals surface area contributed by atoms with Crippen LogP contribution in [0.5, 0.6) is 0 Å². The zero-order chi connectivity index (χ0) is 11.4. The van der Waals surface area contributed by atoms with Crippen molar-refractivity contribution in [1.29, 1.82) is 0 Å². The lowest BCUT2D eigenvalue weighted by Gasteiger charge is -2.04. The van der Waals surface area contributed by atoms with Crippen LogP contribution < -0.4 is 5.32 Å². The summed E-state index contributed by atoms with van der Waals surface area (Å²) in [4.78, 5) is 29.9. The second kappa shape index (κ2) is 4.93. The second-order valence-electron chi connectivity index (χ2n) is 2.84. The van der Waals surface area contributed by atoms with Gasteiger partial charge in [0, 0.05) is 19.8 Å². The first-order valence-electron chi connectivity index (χ1n) is 3.72. The molecule has 0 bridgehead atoms. The van der Waals surface area contributed by atoms with Gasteiger partial charge in [0.2, 0.25) is 13.3 Å². The number of carboxylic acids is 1. The van der Waals surface area contributed by atoms with Gasteiger partial charge in [0.15, 0.2) is 0 Å². The van der Waals surface area contributed by atoms with Crippen LogP contribution in [0.15, 0.2) is 11.8 Å². The molecule has 0 fully saturated rings. The van der Waals surface area contributed by atoms with Crippen LogP contribution in [0.2, 0.25) is 0 Å². The molecule has 0 aromatic rings. The Labute approximate surface area is 81.1 Å². The van der Waals surface area contributed by atoms with Gasteiger partial charge >= 0.3 is 5.97 Å². The fraction of sp³-hybridized carbons (Fsp3) is 0.429. The Bertz CT molecular complexity index is 316. The van der Waals surface area contributed by atoms with Gasteiger partial charge in [-0.1, -0.05) is 0 Å². The van der Waals surface area contributed by atoms with Gasteiger partial charge in [-0.25, -0.2) is 4.79 Å². The summed E-state index contributed by atoms with van der Waals surface area (Å²) >= 11 is 0. The van der Waals surface area contributed by atoms with Crippen molar-refractivity contribution in [2.24, 2.45) is 0 Å². The van der Waals surface area contributed by atoms with E-state index >= 15 is 0 Å². The highest BCUT2D eigenvalue weighted by Gasteiger charge is 2.12. The number of amides is 1. The Hall–Kier alpha value is -1.13. The molecule has 1 unspecified atom stereocenters. The third-order valence-corrected chi connectivity index (χ3v) is 2.04. The molecule has 1 amide bonds. The van der Waals surface area contributed by atoms with Crippen molar-refractivity contribution in [3.8, 4) is 0 Å². The minimum Gasteiger partial charge on any atom is -0.477 e. The van der Waals surface area contributed by atoms with Crippen LogP contribution in [0, 0.1) is 0 Å². The normalized spacial score (nSPS) is 15.8. The summed E-state index contributed by atoms with van der Waals surface area (Å²) in [5.74, 6) is -1.88. The summed E-state index contributed by atoms with van der Waals surface area (Å²) in [6, 6.07) is 0. The van der Waals surface area contributed by atoms with E-state index in [4.69, 9.17) is 10.00 Å². The number of hydrogen-bond acceptors (Lipinski definition) is 3. The molecule has 14 heavy (non-hydrogen) atoms. The average molecular weight is 221 g/mol. The summed E-state index contributed by atoms with van der Waals surface area (Å²) < 4.78 is 10.8. The maximum atomic E-state index is 10.8. The molecule has 0 heterocycles. The first-order valence-corrected chi connectivity index (χ1v) is 6.02. The smallest absolute Gasteiger partial charge is 0.352 e. The quantitative estimate of drug-likeness (QED) is 0.457. The molecule has 6 nitrogen and oxygen atoms in total. The topological polar surface area (TPSA) is 104 Å². The predicted octanol–water partition coefficient (Wildman–Crippen LogP) is -0.00880. The lowest BCUT2D eigenvalue weighted by atomic mass is 10.4. The first-order chi connectivity index (χ1) is 6.22. The van der Waals surface area contributed by atoms with Crippen LogP contribution in [0.3, 0.4) is 0 Å². The second-order valence-corrected chi connectivity index (χ2v) is 5.30. The largest absolute Gasteiger partial charge is 0.477 e. The van der Waals surface area contributed by atoms with Crippen LogP contribution in [0.25, 0.3) is 0 Å². The van der Waals surface area contributed by atoms with Crippen molar-refractivity contribution in [2.45, 2.75) is 6.92 Å². The molecule has 0 aliphatic heterocycles. The van der Waals surface area contributed by atoms with Gasteiger partial charge in [0.25, 0.3) is 0 Å². The molecule has 0 aromatic carbocycles. The molecule has 0 saturated heterocycles. The minimum absolute atomic E-state index is 0.283. The number of nitrogens with one attached hydrogen (secondary N) is 1. The number of allylic oxidation sites excluding steroid dienone is 1. The van der Waals surface area contributed by atoms with E-state index in [-0.39, 0.29) is 11.9 Å². The lowest BCUT2D eigenvalue weighted by Crippen LogP contribution is -2.25. The number of carbonyl (C=O) groups is 2. The van der Waals surface area contributed by atoms with Crippen LogP contribution in [0.4, 0.5) is 0 Å². The molecule has 0 radical (unpaired) electrons. The number of carboxylic acid groups (broad SMARTS) is 1. The highest BCUT2D eigenvalue weighted by atomic mass is 31.2. The van der Waals surface area contributed by atoms with E-state index in [9.17, 15) is 14.2 Å². The number of hydrogen-bond donors (Lipinski definition) is 3. The van der Waals surface area contributed by atoms with E-state index in [1.165, 1.54) is 0 Å². The van der Waals surface area contributed by atoms with E-state index < -0.39 is 19.2 Å². The molecule has 0 spiro atoms. The van der Waals surface area contributed by atoms with Gasteiger partial charge in [-0.15, -0.1) is 0 Å². The maximum Gasteiger partial charge on any atom is 0.352 e. The molecular weight excluding hydrogens is 209 g/mol. The van der Waals surface area contributed by atoms with E-state index in [2.05, 4.69) is 0 Å². The standard InChI is InChI=1S/C7H12NO5P/c1-5(9)8-6(7(10)11)3-4-14(2,12)13/h3H,4H2,1-2H3,(H,8,9)(H,10,11)(H,12,13). The van der Waals surface area contributed by atoms with E-state index in [1.54, 1.807) is 0 Å². The highest BCUT2D eigenvalue weighted by molar-refractivity contribution is 7.57. The number of rotatable bonds is 4. The summed E-state index contributed by atoms with van der Waals surface area (Å²) in [6.07, 6.45) is 0.736. The summed E-state index contributed by atoms with van der Waals surface area (Å²) in [6.45, 7) is 2.26. The van der Waals surface area contributed by atoms with Crippen LogP contribution in [0.1, 0.15) is 6.92 Å². The Balaban J connectivity index is 4.58. The fourth-order valence-corrected chi connectivity index (χ4v) is 1.16. The third-order valence-electron chi connectivity index (χ3n) is 1.18. The maximum absolute atomic E-state index is 10.8. The molecule has 3 N–H and O–H groups in total. The van der Waals surface area contributed by atoms with Crippen molar-refractivity contribution in [1.82, 2.24) is 5.32 Å². The van der Waals surface area contributed by atoms with Crippen molar-refractivity contribution in [3.05, 3.63) is 11.8 Å². The summed E-state index contributed by atoms with van der Waals surface area (Å²) in [7, 11) is -3.29. The summed E-state index contributed by atoms with van der Waals surface area (Å²) in [5, 5.41) is 10.6. The van der Waals surface area contributed by atoms with Gasteiger partial charge in [-0.05, 0) is 6.08 Å². The van der Waals surface area contributed by atoms with Crippen molar-refractivity contribution in [2.75, 3.05) is 12.8 Å². The van der Waals surface area contributed by atoms with Gasteiger partial charge < -0.3 is 15.3 Å². The number of carbonyl (C=O) groups excluding carboxylic acids is 1. The molecule has 7 heteroatoms. The van der Waals surface area contributed by atoms with Crippen molar-refractivity contribution < 1.29 is 24.2 Å². The highest BCUT2D eigenvalue weighted by Crippen LogP contribution is 2.34. The molecule has 0 aliphatic carbocycles. The molecule has 1 atom stereocenters. The van der Waals surface area contributed by atoms with Gasteiger partial charge in [0.05, 0.1) is 0 Å². The predicted molar refractivity (Wildman–Crippen MR) is 50.2 cm³/mol. The molecule has 0 aromatic heterocycles.